The number of rotatable bonds is 8. The largest absolute Gasteiger partial charge is 0.379 e. The van der Waals surface area contributed by atoms with E-state index in [1.54, 1.807) is 0 Å². The van der Waals surface area contributed by atoms with Crippen LogP contribution in [-0.2, 0) is 11.2 Å². The number of hydrogen-bond donors (Lipinski definition) is 0. The van der Waals surface area contributed by atoms with E-state index in [1.807, 2.05) is 0 Å². The molecule has 1 fully saturated rings. The Kier molecular flexibility index (Phi) is 6.89. The molecule has 29 heavy (non-hydrogen) atoms. The highest BCUT2D eigenvalue weighted by Crippen LogP contribution is 2.39. The van der Waals surface area contributed by atoms with Crippen molar-refractivity contribution < 1.29 is 4.74 Å². The minimum atomic E-state index is 0.446. The highest BCUT2D eigenvalue weighted by molar-refractivity contribution is 5.58. The van der Waals surface area contributed by atoms with Crippen LogP contribution in [0, 0.1) is 5.92 Å². The van der Waals surface area contributed by atoms with Gasteiger partial charge in [0.2, 0.25) is 0 Å². The van der Waals surface area contributed by atoms with Crippen LogP contribution in [0.15, 0.2) is 54.6 Å². The van der Waals surface area contributed by atoms with E-state index >= 15 is 0 Å². The van der Waals surface area contributed by atoms with E-state index in [-0.39, 0.29) is 0 Å². The highest BCUT2D eigenvalue weighted by atomic mass is 16.5. The van der Waals surface area contributed by atoms with E-state index in [1.165, 1.54) is 49.2 Å². The Balaban J connectivity index is 1.59. The fourth-order valence-electron chi connectivity index (χ4n) is 4.91. The maximum Gasteiger partial charge on any atom is 0.0639 e. The maximum atomic E-state index is 6.17. The second kappa shape index (κ2) is 9.77. The summed E-state index contributed by atoms with van der Waals surface area (Å²) in [5.74, 6) is 0.585. The van der Waals surface area contributed by atoms with Crippen molar-refractivity contribution in [3.63, 3.8) is 0 Å². The Morgan fingerprint density at radius 1 is 0.931 bits per heavy atom. The summed E-state index contributed by atoms with van der Waals surface area (Å²) in [4.78, 5) is 5.34. The normalized spacial score (nSPS) is 20.8. The molecule has 0 N–H and O–H groups in total. The van der Waals surface area contributed by atoms with Crippen LogP contribution in [0.1, 0.15) is 50.3 Å². The highest BCUT2D eigenvalue weighted by Gasteiger charge is 2.32. The lowest BCUT2D eigenvalue weighted by Gasteiger charge is -2.43. The van der Waals surface area contributed by atoms with E-state index < -0.39 is 0 Å². The molecule has 156 valence electrons. The SMILES string of the molecule is CC(C)COCC(CN1c2ccccc2CCC1c1ccccc1)N1CCCC1. The molecule has 2 aliphatic heterocycles. The molecule has 0 radical (unpaired) electrons. The predicted octanol–water partition coefficient (Wildman–Crippen LogP) is 5.32. The van der Waals surface area contributed by atoms with Gasteiger partial charge in [0.05, 0.1) is 18.7 Å². The van der Waals surface area contributed by atoms with E-state index in [0.717, 1.165) is 26.2 Å². The summed E-state index contributed by atoms with van der Waals surface area (Å²) in [7, 11) is 0. The van der Waals surface area contributed by atoms with Crippen molar-refractivity contribution in [1.29, 1.82) is 0 Å². The van der Waals surface area contributed by atoms with Crippen molar-refractivity contribution in [2.24, 2.45) is 5.92 Å². The molecule has 3 nitrogen and oxygen atoms in total. The van der Waals surface area contributed by atoms with Gasteiger partial charge in [-0.25, -0.2) is 0 Å². The smallest absolute Gasteiger partial charge is 0.0639 e. The summed E-state index contributed by atoms with van der Waals surface area (Å²) in [6, 6.07) is 21.0. The number of ether oxygens (including phenoxy) is 1. The van der Waals surface area contributed by atoms with Crippen LogP contribution >= 0.6 is 0 Å². The molecule has 2 aliphatic rings. The van der Waals surface area contributed by atoms with Crippen LogP contribution < -0.4 is 4.90 Å². The number of aryl methyl sites for hydroxylation is 1. The number of likely N-dealkylation sites (tertiary alicyclic amines) is 1. The van der Waals surface area contributed by atoms with Crippen LogP contribution in [-0.4, -0.2) is 43.8 Å². The lowest BCUT2D eigenvalue weighted by atomic mass is 9.90. The van der Waals surface area contributed by atoms with Gasteiger partial charge in [0.25, 0.3) is 0 Å². The van der Waals surface area contributed by atoms with Crippen LogP contribution in [0.3, 0.4) is 0 Å². The standard InChI is InChI=1S/C26H36N2O/c1-21(2)19-29-20-24(27-16-8-9-17-27)18-28-25-13-7-6-12-23(25)14-15-26(28)22-10-4-3-5-11-22/h3-7,10-13,21,24,26H,8-9,14-20H2,1-2H3. The van der Waals surface area contributed by atoms with Crippen molar-refractivity contribution in [3.8, 4) is 0 Å². The summed E-state index contributed by atoms with van der Waals surface area (Å²) in [5, 5.41) is 0. The Labute approximate surface area is 176 Å². The van der Waals surface area contributed by atoms with Crippen molar-refractivity contribution in [2.75, 3.05) is 37.7 Å². The molecule has 3 heteroatoms. The number of anilines is 1. The van der Waals surface area contributed by atoms with Gasteiger partial charge >= 0.3 is 0 Å². The molecule has 2 heterocycles. The van der Waals surface area contributed by atoms with E-state index in [9.17, 15) is 0 Å². The first-order chi connectivity index (χ1) is 14.2. The Bertz CT molecular complexity index is 754. The Morgan fingerprint density at radius 3 is 2.41 bits per heavy atom. The van der Waals surface area contributed by atoms with E-state index in [0.29, 0.717) is 18.0 Å². The first-order valence-corrected chi connectivity index (χ1v) is 11.4. The Hall–Kier alpha value is -1.84. The summed E-state index contributed by atoms with van der Waals surface area (Å²) < 4.78 is 6.17. The summed E-state index contributed by atoms with van der Waals surface area (Å²) in [5.41, 5.74) is 4.34. The fraction of sp³-hybridized carbons (Fsp3) is 0.538. The van der Waals surface area contributed by atoms with Gasteiger partial charge < -0.3 is 9.64 Å². The molecule has 0 bridgehead atoms. The van der Waals surface area contributed by atoms with Crippen molar-refractivity contribution in [3.05, 3.63) is 65.7 Å². The monoisotopic (exact) mass is 392 g/mol. The minimum absolute atomic E-state index is 0.446. The van der Waals surface area contributed by atoms with Gasteiger partial charge in [-0.2, -0.15) is 0 Å². The second-order valence-corrected chi connectivity index (χ2v) is 9.07. The maximum absolute atomic E-state index is 6.17. The number of para-hydroxylation sites is 1. The van der Waals surface area contributed by atoms with Crippen LogP contribution in [0.25, 0.3) is 0 Å². The molecule has 0 amide bonds. The average Bonchev–Trinajstić information content (AvgIpc) is 3.28. The topological polar surface area (TPSA) is 15.7 Å². The third kappa shape index (κ3) is 5.02. The summed E-state index contributed by atoms with van der Waals surface area (Å²) in [6.45, 7) is 9.60. The summed E-state index contributed by atoms with van der Waals surface area (Å²) in [6.07, 6.45) is 4.98. The number of nitrogens with zero attached hydrogens (tertiary/aromatic N) is 2. The van der Waals surface area contributed by atoms with Crippen LogP contribution in [0.2, 0.25) is 0 Å². The first kappa shape index (κ1) is 20.4. The van der Waals surface area contributed by atoms with Gasteiger partial charge in [0, 0.05) is 18.8 Å². The minimum Gasteiger partial charge on any atom is -0.379 e. The third-order valence-electron chi connectivity index (χ3n) is 6.37. The molecule has 2 atom stereocenters. The molecule has 0 aromatic heterocycles. The molecule has 0 saturated carbocycles. The quantitative estimate of drug-likeness (QED) is 0.605. The number of benzene rings is 2. The summed E-state index contributed by atoms with van der Waals surface area (Å²) >= 11 is 0. The third-order valence-corrected chi connectivity index (χ3v) is 6.37. The van der Waals surface area contributed by atoms with Gasteiger partial charge in [-0.1, -0.05) is 62.4 Å². The zero-order valence-corrected chi connectivity index (χ0v) is 18.1. The molecule has 2 aromatic carbocycles. The Morgan fingerprint density at radius 2 is 1.66 bits per heavy atom. The predicted molar refractivity (Wildman–Crippen MR) is 122 cm³/mol. The molecule has 4 rings (SSSR count). The second-order valence-electron chi connectivity index (χ2n) is 9.07. The van der Waals surface area contributed by atoms with Crippen molar-refractivity contribution in [2.45, 2.75) is 51.6 Å². The van der Waals surface area contributed by atoms with E-state index in [2.05, 4.69) is 78.2 Å². The van der Waals surface area contributed by atoms with Gasteiger partial charge in [-0.05, 0) is 61.9 Å². The molecule has 0 spiro atoms. The fourth-order valence-corrected chi connectivity index (χ4v) is 4.91. The van der Waals surface area contributed by atoms with Gasteiger partial charge in [0.1, 0.15) is 0 Å². The van der Waals surface area contributed by atoms with E-state index in [4.69, 9.17) is 4.74 Å². The molecule has 2 aromatic rings. The van der Waals surface area contributed by atoms with Crippen LogP contribution in [0.5, 0.6) is 0 Å². The number of hydrogen-bond acceptors (Lipinski definition) is 3. The lowest BCUT2D eigenvalue weighted by molar-refractivity contribution is 0.0560. The molecular formula is C26H36N2O. The van der Waals surface area contributed by atoms with Crippen molar-refractivity contribution in [1.82, 2.24) is 4.90 Å². The van der Waals surface area contributed by atoms with Crippen molar-refractivity contribution >= 4 is 5.69 Å². The zero-order valence-electron chi connectivity index (χ0n) is 18.1. The molecular weight excluding hydrogens is 356 g/mol. The number of fused-ring (bicyclic) bond motifs is 1. The molecule has 2 unspecified atom stereocenters. The molecule has 1 saturated heterocycles. The van der Waals surface area contributed by atoms with Crippen LogP contribution in [0.4, 0.5) is 5.69 Å². The lowest BCUT2D eigenvalue weighted by Crippen LogP contribution is -2.48. The van der Waals surface area contributed by atoms with Gasteiger partial charge in [-0.15, -0.1) is 0 Å². The first-order valence-electron chi connectivity index (χ1n) is 11.4. The van der Waals surface area contributed by atoms with Gasteiger partial charge in [-0.3, -0.25) is 4.90 Å². The average molecular weight is 393 g/mol. The zero-order chi connectivity index (χ0) is 20.1. The molecule has 0 aliphatic carbocycles. The van der Waals surface area contributed by atoms with Gasteiger partial charge in [0.15, 0.2) is 0 Å².